The molecule has 5 rings (SSSR count). The monoisotopic (exact) mass is 607 g/mol. The maximum absolute atomic E-state index is 13.2. The van der Waals surface area contributed by atoms with E-state index in [9.17, 15) is 9.59 Å². The van der Waals surface area contributed by atoms with E-state index in [2.05, 4.69) is 68.6 Å². The molecular formula is C31H38ClN7O2S. The summed E-state index contributed by atoms with van der Waals surface area (Å²) < 4.78 is 0. The topological polar surface area (TPSA) is 84.9 Å². The molecule has 2 aliphatic rings. The Morgan fingerprint density at radius 1 is 0.952 bits per heavy atom. The van der Waals surface area contributed by atoms with Crippen molar-refractivity contribution >= 4 is 41.1 Å². The molecule has 2 aliphatic heterocycles. The summed E-state index contributed by atoms with van der Waals surface area (Å²) in [6, 6.07) is 23.0. The molecule has 0 bridgehead atoms. The zero-order valence-corrected chi connectivity index (χ0v) is 25.7. The molecule has 0 aliphatic carbocycles. The number of nitrogens with one attached hydrogen (secondary N) is 1. The van der Waals surface area contributed by atoms with Gasteiger partial charge in [0.25, 0.3) is 0 Å². The second-order valence-electron chi connectivity index (χ2n) is 10.6. The highest BCUT2D eigenvalue weighted by Crippen LogP contribution is 2.30. The van der Waals surface area contributed by atoms with E-state index in [1.165, 1.54) is 22.9 Å². The molecule has 1 unspecified atom stereocenters. The third kappa shape index (κ3) is 7.35. The third-order valence-electron chi connectivity index (χ3n) is 7.79. The number of amides is 3. The SMILES string of the molecule is CCNC(=O)N1CCN(c2cc(Cl)nc(SCC(=O)N3CCN(C(c4ccccc4)c4ccccc4)CC3)n2)CC1C. The molecule has 0 spiro atoms. The number of benzene rings is 2. The highest BCUT2D eigenvalue weighted by atomic mass is 35.5. The van der Waals surface area contributed by atoms with Crippen molar-refractivity contribution in [3.05, 3.63) is 83.0 Å². The summed E-state index contributed by atoms with van der Waals surface area (Å²) in [6.07, 6.45) is 0. The summed E-state index contributed by atoms with van der Waals surface area (Å²) in [7, 11) is 0. The summed E-state index contributed by atoms with van der Waals surface area (Å²) >= 11 is 7.69. The first-order valence-electron chi connectivity index (χ1n) is 14.5. The van der Waals surface area contributed by atoms with Crippen LogP contribution in [0.25, 0.3) is 0 Å². The van der Waals surface area contributed by atoms with Gasteiger partial charge in [-0.25, -0.2) is 14.8 Å². The van der Waals surface area contributed by atoms with E-state index >= 15 is 0 Å². The largest absolute Gasteiger partial charge is 0.353 e. The van der Waals surface area contributed by atoms with E-state index in [1.807, 2.05) is 35.8 Å². The Labute approximate surface area is 257 Å². The van der Waals surface area contributed by atoms with Gasteiger partial charge in [0.15, 0.2) is 5.16 Å². The number of nitrogens with zero attached hydrogens (tertiary/aromatic N) is 6. The number of hydrogen-bond donors (Lipinski definition) is 1. The molecule has 1 atom stereocenters. The first-order valence-corrected chi connectivity index (χ1v) is 15.9. The number of anilines is 1. The van der Waals surface area contributed by atoms with Crippen LogP contribution in [0.1, 0.15) is 31.0 Å². The van der Waals surface area contributed by atoms with E-state index in [0.29, 0.717) is 55.4 Å². The second kappa shape index (κ2) is 14.2. The van der Waals surface area contributed by atoms with Gasteiger partial charge in [-0.05, 0) is 25.0 Å². The van der Waals surface area contributed by atoms with Crippen molar-refractivity contribution in [1.29, 1.82) is 0 Å². The van der Waals surface area contributed by atoms with E-state index < -0.39 is 0 Å². The van der Waals surface area contributed by atoms with Gasteiger partial charge >= 0.3 is 6.03 Å². The van der Waals surface area contributed by atoms with Crippen molar-refractivity contribution in [1.82, 2.24) is 30.0 Å². The van der Waals surface area contributed by atoms with E-state index in [4.69, 9.17) is 16.6 Å². The number of rotatable bonds is 8. The van der Waals surface area contributed by atoms with Crippen LogP contribution in [0.15, 0.2) is 71.9 Å². The molecule has 9 nitrogen and oxygen atoms in total. The highest BCUT2D eigenvalue weighted by Gasteiger charge is 2.30. The van der Waals surface area contributed by atoms with Gasteiger partial charge in [-0.3, -0.25) is 9.69 Å². The maximum Gasteiger partial charge on any atom is 0.317 e. The minimum atomic E-state index is -0.0448. The molecule has 3 heterocycles. The number of carbonyl (C=O) groups is 2. The number of aromatic nitrogens is 2. The number of thioether (sulfide) groups is 1. The molecule has 3 amide bonds. The minimum Gasteiger partial charge on any atom is -0.353 e. The molecule has 222 valence electrons. The average molecular weight is 608 g/mol. The highest BCUT2D eigenvalue weighted by molar-refractivity contribution is 7.99. The summed E-state index contributed by atoms with van der Waals surface area (Å²) in [6.45, 7) is 9.36. The molecule has 42 heavy (non-hydrogen) atoms. The molecule has 2 fully saturated rings. The van der Waals surface area contributed by atoms with Gasteiger partial charge < -0.3 is 20.0 Å². The van der Waals surface area contributed by atoms with Crippen LogP contribution in [0, 0.1) is 0 Å². The van der Waals surface area contributed by atoms with Gasteiger partial charge in [0.05, 0.1) is 11.8 Å². The Balaban J connectivity index is 1.16. The van der Waals surface area contributed by atoms with Crippen LogP contribution >= 0.6 is 23.4 Å². The van der Waals surface area contributed by atoms with Crippen molar-refractivity contribution in [2.24, 2.45) is 0 Å². The number of halogens is 1. The lowest BCUT2D eigenvalue weighted by atomic mass is 9.96. The fourth-order valence-corrected chi connectivity index (χ4v) is 6.65. The predicted octanol–water partition coefficient (Wildman–Crippen LogP) is 4.40. The fraction of sp³-hybridized carbons (Fsp3) is 0.419. The predicted molar refractivity (Wildman–Crippen MR) is 168 cm³/mol. The Bertz CT molecular complexity index is 1300. The molecule has 0 radical (unpaired) electrons. The van der Waals surface area contributed by atoms with Crippen LogP contribution in [0.2, 0.25) is 5.15 Å². The molecule has 11 heteroatoms. The smallest absolute Gasteiger partial charge is 0.317 e. The number of piperazine rings is 2. The quantitative estimate of drug-likeness (QED) is 0.231. The van der Waals surface area contributed by atoms with Crippen molar-refractivity contribution in [3.63, 3.8) is 0 Å². The normalized spacial score (nSPS) is 17.9. The van der Waals surface area contributed by atoms with Crippen LogP contribution in [-0.4, -0.2) is 101 Å². The second-order valence-corrected chi connectivity index (χ2v) is 11.9. The van der Waals surface area contributed by atoms with Crippen LogP contribution in [0.5, 0.6) is 0 Å². The molecular weight excluding hydrogens is 570 g/mol. The molecule has 1 N–H and O–H groups in total. The molecule has 2 aromatic carbocycles. The van der Waals surface area contributed by atoms with Crippen LogP contribution in [0.4, 0.5) is 10.6 Å². The van der Waals surface area contributed by atoms with Gasteiger partial charge in [0.2, 0.25) is 5.91 Å². The van der Waals surface area contributed by atoms with Crippen LogP contribution < -0.4 is 10.2 Å². The summed E-state index contributed by atoms with van der Waals surface area (Å²) in [5.41, 5.74) is 2.51. The Hall–Kier alpha value is -3.34. The minimum absolute atomic E-state index is 0.0266. The van der Waals surface area contributed by atoms with Gasteiger partial charge in [0, 0.05) is 64.5 Å². The maximum atomic E-state index is 13.2. The molecule has 0 saturated carbocycles. The number of carbonyl (C=O) groups excluding carboxylic acids is 2. The Morgan fingerprint density at radius 2 is 1.60 bits per heavy atom. The summed E-state index contributed by atoms with van der Waals surface area (Å²) in [4.78, 5) is 43.0. The van der Waals surface area contributed by atoms with Crippen molar-refractivity contribution < 1.29 is 9.59 Å². The summed E-state index contributed by atoms with van der Waals surface area (Å²) in [5, 5.41) is 3.70. The van der Waals surface area contributed by atoms with E-state index in [1.54, 1.807) is 6.07 Å². The molecule has 1 aromatic heterocycles. The van der Waals surface area contributed by atoms with Gasteiger partial charge in [-0.15, -0.1) is 0 Å². The van der Waals surface area contributed by atoms with Gasteiger partial charge in [0.1, 0.15) is 11.0 Å². The number of urea groups is 1. The lowest BCUT2D eigenvalue weighted by Gasteiger charge is -2.40. The zero-order chi connectivity index (χ0) is 29.5. The van der Waals surface area contributed by atoms with Crippen LogP contribution in [0.3, 0.4) is 0 Å². The zero-order valence-electron chi connectivity index (χ0n) is 24.2. The first-order chi connectivity index (χ1) is 20.4. The number of hydrogen-bond acceptors (Lipinski definition) is 7. The molecule has 3 aromatic rings. The van der Waals surface area contributed by atoms with Gasteiger partial charge in [-0.1, -0.05) is 84.0 Å². The Morgan fingerprint density at radius 3 is 2.19 bits per heavy atom. The van der Waals surface area contributed by atoms with Crippen molar-refractivity contribution in [3.8, 4) is 0 Å². The first kappa shape index (κ1) is 30.1. The van der Waals surface area contributed by atoms with E-state index in [-0.39, 0.29) is 29.8 Å². The molecule has 2 saturated heterocycles. The van der Waals surface area contributed by atoms with Crippen molar-refractivity contribution in [2.45, 2.75) is 31.1 Å². The van der Waals surface area contributed by atoms with E-state index in [0.717, 1.165) is 13.1 Å². The average Bonchev–Trinajstić information content (AvgIpc) is 3.01. The lowest BCUT2D eigenvalue weighted by Crippen LogP contribution is -2.56. The lowest BCUT2D eigenvalue weighted by molar-refractivity contribution is -0.130. The van der Waals surface area contributed by atoms with Crippen molar-refractivity contribution in [2.75, 3.05) is 63.0 Å². The van der Waals surface area contributed by atoms with Gasteiger partial charge in [-0.2, -0.15) is 0 Å². The standard InChI is InChI=1S/C31H38ClN7O2S/c1-3-33-31(41)39-19-18-38(21-23(39)2)27-20-26(32)34-30(35-27)42-22-28(40)36-14-16-37(17-15-36)29(24-10-6-4-7-11-24)25-12-8-5-9-13-25/h4-13,20,23,29H,3,14-19,21-22H2,1-2H3,(H,33,41). The Kier molecular flexibility index (Phi) is 10.2. The van der Waals surface area contributed by atoms with Crippen LogP contribution in [-0.2, 0) is 4.79 Å². The third-order valence-corrected chi connectivity index (χ3v) is 8.81. The summed E-state index contributed by atoms with van der Waals surface area (Å²) in [5.74, 6) is 1.04. The fourth-order valence-electron chi connectivity index (χ4n) is 5.66.